The molecule has 3 fully saturated rings. The molecule has 14 nitrogen and oxygen atoms in total. The number of amides is 4. The largest absolute Gasteiger partial charge is 0.435 e. The molecule has 3 saturated heterocycles. The van der Waals surface area contributed by atoms with Crippen LogP contribution in [0.2, 0.25) is 0 Å². The Labute approximate surface area is 313 Å². The molecule has 0 radical (unpaired) electrons. The molecule has 1 unspecified atom stereocenters. The maximum atomic E-state index is 13.1. The van der Waals surface area contributed by atoms with Crippen LogP contribution in [0, 0.1) is 5.92 Å². The molecular formula is C38H39F3N10O4. The second-order valence-corrected chi connectivity index (χ2v) is 14.6. The van der Waals surface area contributed by atoms with Gasteiger partial charge < -0.3 is 25.8 Å². The number of imide groups is 1. The van der Waals surface area contributed by atoms with Crippen molar-refractivity contribution < 1.29 is 32.3 Å². The van der Waals surface area contributed by atoms with E-state index < -0.39 is 29.7 Å². The van der Waals surface area contributed by atoms with Crippen molar-refractivity contribution in [1.29, 1.82) is 0 Å². The van der Waals surface area contributed by atoms with E-state index in [9.17, 15) is 32.3 Å². The molecule has 4 aliphatic rings. The van der Waals surface area contributed by atoms with Gasteiger partial charge in [-0.2, -0.15) is 18.3 Å². The molecule has 2 aromatic heterocycles. The van der Waals surface area contributed by atoms with E-state index in [0.29, 0.717) is 36.1 Å². The van der Waals surface area contributed by atoms with E-state index >= 15 is 0 Å². The van der Waals surface area contributed by atoms with E-state index in [0.717, 1.165) is 86.4 Å². The highest BCUT2D eigenvalue weighted by Gasteiger charge is 2.40. The van der Waals surface area contributed by atoms with Crippen LogP contribution in [0.3, 0.4) is 0 Å². The molecule has 286 valence electrons. The molecule has 2 atom stereocenters. The zero-order chi connectivity index (χ0) is 38.4. The van der Waals surface area contributed by atoms with E-state index in [1.54, 1.807) is 4.90 Å². The maximum Gasteiger partial charge on any atom is 0.435 e. The van der Waals surface area contributed by atoms with Crippen LogP contribution < -0.4 is 21.3 Å². The van der Waals surface area contributed by atoms with E-state index in [1.165, 1.54) is 5.56 Å². The highest BCUT2D eigenvalue weighted by molar-refractivity contribution is 6.05. The molecule has 0 saturated carbocycles. The predicted molar refractivity (Wildman–Crippen MR) is 194 cm³/mol. The Hall–Kier alpha value is -5.84. The topological polar surface area (TPSA) is 172 Å². The number of carbonyl (C=O) groups excluding carboxylic acids is 4. The molecule has 6 heterocycles. The summed E-state index contributed by atoms with van der Waals surface area (Å²) in [6, 6.07) is 13.9. The van der Waals surface area contributed by atoms with E-state index in [4.69, 9.17) is 5.73 Å². The summed E-state index contributed by atoms with van der Waals surface area (Å²) < 4.78 is 40.2. The lowest BCUT2D eigenvalue weighted by Crippen LogP contribution is -2.52. The number of nitrogens with one attached hydrogen (secondary N) is 2. The maximum absolute atomic E-state index is 13.1. The summed E-state index contributed by atoms with van der Waals surface area (Å²) in [5.74, 6) is -0.823. The van der Waals surface area contributed by atoms with Gasteiger partial charge in [0.05, 0.1) is 6.20 Å². The van der Waals surface area contributed by atoms with Crippen LogP contribution in [-0.4, -0.2) is 91.9 Å². The summed E-state index contributed by atoms with van der Waals surface area (Å²) >= 11 is 0. The van der Waals surface area contributed by atoms with Crippen LogP contribution in [0.4, 0.5) is 30.4 Å². The summed E-state index contributed by atoms with van der Waals surface area (Å²) in [7, 11) is 0. The van der Waals surface area contributed by atoms with Crippen molar-refractivity contribution in [3.05, 3.63) is 89.0 Å². The van der Waals surface area contributed by atoms with E-state index in [2.05, 4.69) is 41.6 Å². The lowest BCUT2D eigenvalue weighted by Gasteiger charge is -2.34. The number of fused-ring (bicyclic) bond motifs is 1. The van der Waals surface area contributed by atoms with Crippen LogP contribution in [0.5, 0.6) is 0 Å². The highest BCUT2D eigenvalue weighted by Crippen LogP contribution is 2.35. The Kier molecular flexibility index (Phi) is 9.48. The van der Waals surface area contributed by atoms with Gasteiger partial charge in [-0.3, -0.25) is 24.5 Å². The molecule has 0 spiro atoms. The number of primary amides is 1. The fraction of sp³-hybridized carbons (Fsp3) is 0.395. The number of likely N-dealkylation sites (tertiary alicyclic amines) is 1. The number of aromatic nitrogens is 4. The average Bonchev–Trinajstić information content (AvgIpc) is 3.92. The fourth-order valence-electron chi connectivity index (χ4n) is 8.12. The van der Waals surface area contributed by atoms with Crippen molar-refractivity contribution in [2.45, 2.75) is 56.8 Å². The number of piperidine rings is 2. The third-order valence-corrected chi connectivity index (χ3v) is 11.0. The minimum Gasteiger partial charge on any atom is -0.371 e. The Bertz CT molecular complexity index is 2150. The van der Waals surface area contributed by atoms with Crippen molar-refractivity contribution in [3.63, 3.8) is 0 Å². The van der Waals surface area contributed by atoms with Crippen molar-refractivity contribution in [2.75, 3.05) is 42.9 Å². The third kappa shape index (κ3) is 7.48. The quantitative estimate of drug-likeness (QED) is 0.212. The number of nitrogens with two attached hydrogens (primary N) is 1. The smallest absolute Gasteiger partial charge is 0.371 e. The van der Waals surface area contributed by atoms with Crippen molar-refractivity contribution >= 4 is 40.8 Å². The zero-order valence-corrected chi connectivity index (χ0v) is 29.8. The van der Waals surface area contributed by atoms with Gasteiger partial charge in [-0.15, -0.1) is 0 Å². The molecule has 4 N–H and O–H groups in total. The number of hydrogen-bond acceptors (Lipinski definition) is 10. The number of rotatable bonds is 9. The normalized spacial score (nSPS) is 20.9. The lowest BCUT2D eigenvalue weighted by atomic mass is 9.89. The van der Waals surface area contributed by atoms with Gasteiger partial charge in [0.1, 0.15) is 6.04 Å². The molecule has 0 bridgehead atoms. The molecule has 55 heavy (non-hydrogen) atoms. The molecule has 2 aromatic carbocycles. The van der Waals surface area contributed by atoms with Crippen molar-refractivity contribution in [2.24, 2.45) is 11.7 Å². The van der Waals surface area contributed by atoms with Gasteiger partial charge >= 0.3 is 6.18 Å². The zero-order valence-electron chi connectivity index (χ0n) is 29.8. The molecule has 4 amide bonds. The molecule has 0 aliphatic carbocycles. The van der Waals surface area contributed by atoms with Crippen molar-refractivity contribution in [1.82, 2.24) is 34.9 Å². The highest BCUT2D eigenvalue weighted by atomic mass is 19.4. The van der Waals surface area contributed by atoms with Crippen LogP contribution >= 0.6 is 0 Å². The molecular weight excluding hydrogens is 717 g/mol. The van der Waals surface area contributed by atoms with Gasteiger partial charge in [-0.05, 0) is 98.1 Å². The second kappa shape index (κ2) is 14.4. The predicted octanol–water partition coefficient (Wildman–Crippen LogP) is 3.99. The first kappa shape index (κ1) is 36.2. The molecule has 4 aromatic rings. The number of nitrogens with zero attached hydrogens (tertiary/aromatic N) is 7. The van der Waals surface area contributed by atoms with E-state index in [1.807, 2.05) is 36.4 Å². The Morgan fingerprint density at radius 1 is 0.982 bits per heavy atom. The summed E-state index contributed by atoms with van der Waals surface area (Å²) in [5, 5.41) is 8.92. The van der Waals surface area contributed by atoms with Gasteiger partial charge in [0.15, 0.2) is 23.0 Å². The molecule has 17 heteroatoms. The van der Waals surface area contributed by atoms with Gasteiger partial charge in [-0.25, -0.2) is 14.6 Å². The fourth-order valence-corrected chi connectivity index (χ4v) is 8.12. The van der Waals surface area contributed by atoms with Crippen LogP contribution in [0.1, 0.15) is 75.7 Å². The Morgan fingerprint density at radius 2 is 1.76 bits per heavy atom. The number of carbonyl (C=O) groups is 4. The van der Waals surface area contributed by atoms with Gasteiger partial charge in [0.25, 0.3) is 11.8 Å². The number of anilines is 3. The third-order valence-electron chi connectivity index (χ3n) is 11.0. The van der Waals surface area contributed by atoms with Gasteiger partial charge in [0, 0.05) is 55.7 Å². The monoisotopic (exact) mass is 756 g/mol. The number of alkyl halides is 3. The number of halogens is 3. The lowest BCUT2D eigenvalue weighted by molar-refractivity contribution is -0.141. The molecule has 8 rings (SSSR count). The summed E-state index contributed by atoms with van der Waals surface area (Å²) in [6.07, 6.45) is 1.30. The first-order valence-corrected chi connectivity index (χ1v) is 18.3. The van der Waals surface area contributed by atoms with E-state index in [-0.39, 0.29) is 35.6 Å². The van der Waals surface area contributed by atoms with Gasteiger partial charge in [-0.1, -0.05) is 12.1 Å². The minimum atomic E-state index is -4.62. The standard InChI is InChI=1S/C38H39F3N10O4/c39-38(40,41)30-12-16-51(47-30)31-18-43-33(34(42)53)35(45-31)44-26-3-1-23(2-4-26)24-10-13-48(14-11-24)19-22-9-15-49(20-22)27-5-6-28-25(17-27)21-50(37(28)55)29-7-8-32(52)46-36(29)54/h1-6,12,16-18,22,24,29H,7-11,13-15,19-21H2,(H2,42,53)(H,44,45)(H,46,52,54)/t22-,29?/m1/s1. The van der Waals surface area contributed by atoms with Crippen LogP contribution in [0.15, 0.2) is 60.9 Å². The van der Waals surface area contributed by atoms with Crippen LogP contribution in [-0.2, 0) is 22.3 Å². The second-order valence-electron chi connectivity index (χ2n) is 14.6. The Balaban J connectivity index is 0.835. The first-order valence-electron chi connectivity index (χ1n) is 18.3. The Morgan fingerprint density at radius 3 is 2.47 bits per heavy atom. The first-order chi connectivity index (χ1) is 26.4. The molecule has 4 aliphatic heterocycles. The summed E-state index contributed by atoms with van der Waals surface area (Å²) in [6.45, 7) is 5.20. The van der Waals surface area contributed by atoms with Gasteiger partial charge in [0.2, 0.25) is 11.8 Å². The van der Waals surface area contributed by atoms with Crippen molar-refractivity contribution in [3.8, 4) is 5.82 Å². The summed E-state index contributed by atoms with van der Waals surface area (Å²) in [5.41, 5.74) is 8.68. The summed E-state index contributed by atoms with van der Waals surface area (Å²) in [4.78, 5) is 64.0. The number of hydrogen-bond donors (Lipinski definition) is 3. The average molecular weight is 757 g/mol. The number of benzene rings is 2. The minimum absolute atomic E-state index is 0.00305. The SMILES string of the molecule is NC(=O)c1ncc(-n2ccc(C(F)(F)F)n2)nc1Nc1ccc(C2CCN(C[C@H]3CCN(c4ccc5c(c4)CN(C4CCC(=O)NC4=O)C5=O)C3)CC2)cc1. The van der Waals surface area contributed by atoms with Crippen LogP contribution in [0.25, 0.3) is 5.82 Å².